The molecule has 0 saturated heterocycles. The van der Waals surface area contributed by atoms with Crippen molar-refractivity contribution in [2.24, 2.45) is 0 Å². The lowest BCUT2D eigenvalue weighted by atomic mass is 10.2. The van der Waals surface area contributed by atoms with Crippen molar-refractivity contribution in [1.82, 2.24) is 9.97 Å². The standard InChI is InChI=1S/C24H18FN3O2/c1-16-2-10-20(11-3-16)27-24(29)18-6-12-21(13-7-18)30-22-14-15-26-23(28-22)17-4-8-19(25)9-5-17/h2-15H,1H3,(H,27,29). The lowest BCUT2D eigenvalue weighted by Crippen LogP contribution is -2.11. The van der Waals surface area contributed by atoms with Gasteiger partial charge in [-0.3, -0.25) is 4.79 Å². The Morgan fingerprint density at radius 2 is 1.60 bits per heavy atom. The van der Waals surface area contributed by atoms with Crippen LogP contribution in [0.5, 0.6) is 11.6 Å². The van der Waals surface area contributed by atoms with Crippen LogP contribution >= 0.6 is 0 Å². The van der Waals surface area contributed by atoms with Crippen LogP contribution in [0.4, 0.5) is 10.1 Å². The van der Waals surface area contributed by atoms with Crippen molar-refractivity contribution in [1.29, 1.82) is 0 Å². The molecule has 30 heavy (non-hydrogen) atoms. The summed E-state index contributed by atoms with van der Waals surface area (Å²) in [5.41, 5.74) is 3.06. The van der Waals surface area contributed by atoms with Crippen LogP contribution in [0.2, 0.25) is 0 Å². The molecule has 5 nitrogen and oxygen atoms in total. The molecule has 4 aromatic rings. The Hall–Kier alpha value is -4.06. The monoisotopic (exact) mass is 399 g/mol. The predicted octanol–water partition coefficient (Wildman–Crippen LogP) is 5.64. The van der Waals surface area contributed by atoms with Crippen LogP contribution in [0, 0.1) is 12.7 Å². The maximum atomic E-state index is 13.1. The van der Waals surface area contributed by atoms with E-state index in [-0.39, 0.29) is 11.7 Å². The first-order valence-corrected chi connectivity index (χ1v) is 9.32. The Bertz CT molecular complexity index is 1160. The minimum Gasteiger partial charge on any atom is -0.439 e. The van der Waals surface area contributed by atoms with Gasteiger partial charge in [-0.05, 0) is 67.6 Å². The van der Waals surface area contributed by atoms with Gasteiger partial charge in [-0.2, -0.15) is 4.98 Å². The van der Waals surface area contributed by atoms with E-state index in [4.69, 9.17) is 4.74 Å². The van der Waals surface area contributed by atoms with Gasteiger partial charge in [0.2, 0.25) is 5.88 Å². The predicted molar refractivity (Wildman–Crippen MR) is 113 cm³/mol. The molecular weight excluding hydrogens is 381 g/mol. The molecule has 6 heteroatoms. The summed E-state index contributed by atoms with van der Waals surface area (Å²) in [6.07, 6.45) is 1.57. The van der Waals surface area contributed by atoms with Crippen LogP contribution < -0.4 is 10.1 Å². The second-order valence-electron chi connectivity index (χ2n) is 6.67. The van der Waals surface area contributed by atoms with Gasteiger partial charge in [0, 0.05) is 29.1 Å². The molecule has 0 bridgehead atoms. The first-order chi connectivity index (χ1) is 14.6. The van der Waals surface area contributed by atoms with E-state index < -0.39 is 0 Å². The molecular formula is C24H18FN3O2. The van der Waals surface area contributed by atoms with Crippen molar-refractivity contribution < 1.29 is 13.9 Å². The summed E-state index contributed by atoms with van der Waals surface area (Å²) in [7, 11) is 0. The largest absolute Gasteiger partial charge is 0.439 e. The van der Waals surface area contributed by atoms with Gasteiger partial charge in [-0.25, -0.2) is 9.37 Å². The fourth-order valence-corrected chi connectivity index (χ4v) is 2.77. The van der Waals surface area contributed by atoms with E-state index in [9.17, 15) is 9.18 Å². The van der Waals surface area contributed by atoms with Crippen molar-refractivity contribution in [2.45, 2.75) is 6.92 Å². The number of rotatable bonds is 5. The second-order valence-corrected chi connectivity index (χ2v) is 6.67. The SMILES string of the molecule is Cc1ccc(NC(=O)c2ccc(Oc3ccnc(-c4ccc(F)cc4)n3)cc2)cc1. The first-order valence-electron chi connectivity index (χ1n) is 9.32. The van der Waals surface area contributed by atoms with E-state index in [1.54, 1.807) is 48.7 Å². The molecule has 0 spiro atoms. The van der Waals surface area contributed by atoms with Gasteiger partial charge in [0.25, 0.3) is 5.91 Å². The third-order valence-corrected chi connectivity index (χ3v) is 4.38. The highest BCUT2D eigenvalue weighted by atomic mass is 19.1. The molecule has 0 fully saturated rings. The van der Waals surface area contributed by atoms with Crippen LogP contribution in [0.15, 0.2) is 85.1 Å². The summed E-state index contributed by atoms with van der Waals surface area (Å²) in [5.74, 6) is 0.789. The smallest absolute Gasteiger partial charge is 0.255 e. The van der Waals surface area contributed by atoms with Gasteiger partial charge >= 0.3 is 0 Å². The molecule has 1 amide bonds. The van der Waals surface area contributed by atoms with E-state index in [2.05, 4.69) is 15.3 Å². The van der Waals surface area contributed by atoms with Gasteiger partial charge in [-0.1, -0.05) is 17.7 Å². The van der Waals surface area contributed by atoms with Crippen LogP contribution in [0.3, 0.4) is 0 Å². The topological polar surface area (TPSA) is 64.1 Å². The number of amides is 1. The summed E-state index contributed by atoms with van der Waals surface area (Å²) in [5, 5.41) is 2.86. The molecule has 0 radical (unpaired) electrons. The minimum atomic E-state index is -0.322. The molecule has 0 unspecified atom stereocenters. The fourth-order valence-electron chi connectivity index (χ4n) is 2.77. The summed E-state index contributed by atoms with van der Waals surface area (Å²) < 4.78 is 18.9. The molecule has 0 atom stereocenters. The second kappa shape index (κ2) is 8.53. The maximum absolute atomic E-state index is 13.1. The lowest BCUT2D eigenvalue weighted by molar-refractivity contribution is 0.102. The average molecular weight is 399 g/mol. The highest BCUT2D eigenvalue weighted by molar-refractivity contribution is 6.04. The Morgan fingerprint density at radius 1 is 0.900 bits per heavy atom. The van der Waals surface area contributed by atoms with Gasteiger partial charge in [0.15, 0.2) is 5.82 Å². The van der Waals surface area contributed by atoms with Crippen molar-refractivity contribution in [3.05, 3.63) is 102 Å². The van der Waals surface area contributed by atoms with Crippen LogP contribution in [0.25, 0.3) is 11.4 Å². The number of anilines is 1. The summed E-state index contributed by atoms with van der Waals surface area (Å²) in [6, 6.07) is 21.9. The average Bonchev–Trinajstić information content (AvgIpc) is 2.76. The number of hydrogen-bond acceptors (Lipinski definition) is 4. The Labute approximate surface area is 173 Å². The molecule has 1 aromatic heterocycles. The number of carbonyl (C=O) groups is 1. The molecule has 3 aromatic carbocycles. The Morgan fingerprint density at radius 3 is 2.30 bits per heavy atom. The van der Waals surface area contributed by atoms with Gasteiger partial charge in [0.05, 0.1) is 0 Å². The van der Waals surface area contributed by atoms with Crippen molar-refractivity contribution in [3.8, 4) is 23.0 Å². The molecule has 0 aliphatic heterocycles. The number of nitrogens with zero attached hydrogens (tertiary/aromatic N) is 2. The van der Waals surface area contributed by atoms with Crippen LogP contribution in [-0.2, 0) is 0 Å². The number of hydrogen-bond donors (Lipinski definition) is 1. The molecule has 0 aliphatic carbocycles. The van der Waals surface area contributed by atoms with E-state index in [0.717, 1.165) is 11.3 Å². The lowest BCUT2D eigenvalue weighted by Gasteiger charge is -2.08. The number of benzene rings is 3. The molecule has 1 N–H and O–H groups in total. The molecule has 148 valence electrons. The minimum absolute atomic E-state index is 0.203. The molecule has 0 saturated carbocycles. The zero-order valence-corrected chi connectivity index (χ0v) is 16.2. The van der Waals surface area contributed by atoms with E-state index in [0.29, 0.717) is 28.6 Å². The summed E-state index contributed by atoms with van der Waals surface area (Å²) in [6.45, 7) is 1.99. The highest BCUT2D eigenvalue weighted by Crippen LogP contribution is 2.23. The number of nitrogens with one attached hydrogen (secondary N) is 1. The summed E-state index contributed by atoms with van der Waals surface area (Å²) in [4.78, 5) is 20.9. The quantitative estimate of drug-likeness (QED) is 0.472. The normalized spacial score (nSPS) is 10.5. The van der Waals surface area contributed by atoms with E-state index >= 15 is 0 Å². The van der Waals surface area contributed by atoms with Gasteiger partial charge in [0.1, 0.15) is 11.6 Å². The zero-order chi connectivity index (χ0) is 20.9. The van der Waals surface area contributed by atoms with E-state index in [1.165, 1.54) is 12.1 Å². The van der Waals surface area contributed by atoms with Crippen molar-refractivity contribution in [2.75, 3.05) is 5.32 Å². The third-order valence-electron chi connectivity index (χ3n) is 4.38. The first kappa shape index (κ1) is 19.3. The number of aryl methyl sites for hydroxylation is 1. The van der Waals surface area contributed by atoms with Gasteiger partial charge < -0.3 is 10.1 Å². The summed E-state index contributed by atoms with van der Waals surface area (Å²) >= 11 is 0. The maximum Gasteiger partial charge on any atom is 0.255 e. The van der Waals surface area contributed by atoms with Crippen LogP contribution in [0.1, 0.15) is 15.9 Å². The van der Waals surface area contributed by atoms with Crippen LogP contribution in [-0.4, -0.2) is 15.9 Å². The van der Waals surface area contributed by atoms with E-state index in [1.807, 2.05) is 31.2 Å². The van der Waals surface area contributed by atoms with Gasteiger partial charge in [-0.15, -0.1) is 0 Å². The number of halogens is 1. The van der Waals surface area contributed by atoms with Crippen molar-refractivity contribution >= 4 is 11.6 Å². The highest BCUT2D eigenvalue weighted by Gasteiger charge is 2.08. The Kier molecular flexibility index (Phi) is 5.48. The number of carbonyl (C=O) groups excluding carboxylic acids is 1. The fraction of sp³-hybridized carbons (Fsp3) is 0.0417. The molecule has 0 aliphatic rings. The number of ether oxygens (including phenoxy) is 1. The number of aromatic nitrogens is 2. The Balaban J connectivity index is 1.44. The third kappa shape index (κ3) is 4.67. The molecule has 1 heterocycles. The van der Waals surface area contributed by atoms with Crippen molar-refractivity contribution in [3.63, 3.8) is 0 Å². The zero-order valence-electron chi connectivity index (χ0n) is 16.2. The molecule has 4 rings (SSSR count).